The lowest BCUT2D eigenvalue weighted by Crippen LogP contribution is -2.35. The Morgan fingerprint density at radius 2 is 1.96 bits per heavy atom. The highest BCUT2D eigenvalue weighted by molar-refractivity contribution is 9.10. The van der Waals surface area contributed by atoms with Crippen molar-refractivity contribution in [3.05, 3.63) is 58.9 Å². The molecule has 0 aliphatic rings. The summed E-state index contributed by atoms with van der Waals surface area (Å²) in [5, 5.41) is 6.66. The van der Waals surface area contributed by atoms with Crippen molar-refractivity contribution in [3.8, 4) is 22.9 Å². The summed E-state index contributed by atoms with van der Waals surface area (Å²) in [6.45, 7) is 1.79. The van der Waals surface area contributed by atoms with Crippen LogP contribution in [0.1, 0.15) is 12.8 Å². The number of aromatic nitrogens is 2. The van der Waals surface area contributed by atoms with E-state index in [2.05, 4.69) is 31.4 Å². The fourth-order valence-electron chi connectivity index (χ4n) is 2.29. The first-order chi connectivity index (χ1) is 13.0. The number of nitrogens with one attached hydrogen (secondary N) is 1. The Morgan fingerprint density at radius 3 is 2.67 bits per heavy atom. The number of amides is 1. The van der Waals surface area contributed by atoms with E-state index >= 15 is 0 Å². The van der Waals surface area contributed by atoms with E-state index in [1.165, 1.54) is 0 Å². The highest BCUT2D eigenvalue weighted by atomic mass is 79.9. The highest BCUT2D eigenvalue weighted by Crippen LogP contribution is 2.20. The topological polar surface area (TPSA) is 86.5 Å². The smallest absolute Gasteiger partial charge is 0.261 e. The number of carbonyl (C=O) groups excluding carboxylic acids is 1. The molecular formula is C19H18BrN3O4. The second-order valence-corrected chi connectivity index (χ2v) is 6.59. The van der Waals surface area contributed by atoms with E-state index in [1.54, 1.807) is 38.3 Å². The van der Waals surface area contributed by atoms with Crippen molar-refractivity contribution in [1.29, 1.82) is 0 Å². The third kappa shape index (κ3) is 5.07. The zero-order chi connectivity index (χ0) is 19.2. The summed E-state index contributed by atoms with van der Waals surface area (Å²) in [5.41, 5.74) is 0.821. The van der Waals surface area contributed by atoms with Crippen molar-refractivity contribution in [2.24, 2.45) is 0 Å². The first-order valence-electron chi connectivity index (χ1n) is 8.22. The van der Waals surface area contributed by atoms with Gasteiger partial charge in [-0.2, -0.15) is 4.98 Å². The molecule has 1 N–H and O–H groups in total. The second kappa shape index (κ2) is 8.68. The molecule has 3 aromatic rings. The number of hydrogen-bond acceptors (Lipinski definition) is 6. The van der Waals surface area contributed by atoms with E-state index in [0.717, 1.165) is 15.8 Å². The predicted octanol–water partition coefficient (Wildman–Crippen LogP) is 3.59. The zero-order valence-corrected chi connectivity index (χ0v) is 16.4. The molecule has 140 valence electrons. The Bertz CT molecular complexity index is 911. The average Bonchev–Trinajstić information content (AvgIpc) is 3.16. The molecule has 0 saturated carbocycles. The largest absolute Gasteiger partial charge is 0.497 e. The Hall–Kier alpha value is -2.87. The van der Waals surface area contributed by atoms with Crippen LogP contribution >= 0.6 is 15.9 Å². The summed E-state index contributed by atoms with van der Waals surface area (Å²) < 4.78 is 16.8. The van der Waals surface area contributed by atoms with Gasteiger partial charge in [0.15, 0.2) is 6.10 Å². The van der Waals surface area contributed by atoms with Crippen LogP contribution in [0, 0.1) is 0 Å². The molecule has 7 nitrogen and oxygen atoms in total. The third-order valence-electron chi connectivity index (χ3n) is 3.71. The number of nitrogens with zero attached hydrogens (tertiary/aromatic N) is 2. The molecule has 0 fully saturated rings. The molecule has 0 saturated heterocycles. The van der Waals surface area contributed by atoms with E-state index in [0.29, 0.717) is 17.5 Å². The second-order valence-electron chi connectivity index (χ2n) is 5.68. The van der Waals surface area contributed by atoms with Crippen molar-refractivity contribution in [3.63, 3.8) is 0 Å². The van der Waals surface area contributed by atoms with Crippen LogP contribution in [-0.2, 0) is 11.3 Å². The lowest BCUT2D eigenvalue weighted by atomic mass is 10.2. The summed E-state index contributed by atoms with van der Waals surface area (Å²) in [4.78, 5) is 16.5. The van der Waals surface area contributed by atoms with Gasteiger partial charge in [-0.1, -0.05) is 33.2 Å². The first-order valence-corrected chi connectivity index (χ1v) is 9.01. The van der Waals surface area contributed by atoms with Crippen LogP contribution in [0.3, 0.4) is 0 Å². The summed E-state index contributed by atoms with van der Waals surface area (Å²) >= 11 is 3.40. The molecule has 0 bridgehead atoms. The summed E-state index contributed by atoms with van der Waals surface area (Å²) in [5.74, 6) is 1.79. The van der Waals surface area contributed by atoms with Crippen LogP contribution < -0.4 is 14.8 Å². The number of benzene rings is 2. The predicted molar refractivity (Wildman–Crippen MR) is 102 cm³/mol. The first kappa shape index (κ1) is 18.9. The number of hydrogen-bond donors (Lipinski definition) is 1. The molecule has 1 atom stereocenters. The molecule has 0 spiro atoms. The van der Waals surface area contributed by atoms with Gasteiger partial charge in [0.1, 0.15) is 11.5 Å². The standard InChI is InChI=1S/C19H18BrN3O4/c1-12(26-16-8-6-15(25-2)7-9-16)19(24)21-11-17-22-18(23-27-17)13-4-3-5-14(20)10-13/h3-10,12H,11H2,1-2H3,(H,21,24)/t12-/m0/s1. The van der Waals surface area contributed by atoms with Gasteiger partial charge in [-0.3, -0.25) is 4.79 Å². The normalized spacial score (nSPS) is 11.7. The van der Waals surface area contributed by atoms with Crippen LogP contribution in [0.5, 0.6) is 11.5 Å². The number of rotatable bonds is 7. The molecule has 1 amide bonds. The van der Waals surface area contributed by atoms with Gasteiger partial charge in [-0.15, -0.1) is 0 Å². The molecular weight excluding hydrogens is 414 g/mol. The summed E-state index contributed by atoms with van der Waals surface area (Å²) in [6, 6.07) is 14.6. The molecule has 3 rings (SSSR count). The fraction of sp³-hybridized carbons (Fsp3) is 0.211. The molecule has 2 aromatic carbocycles. The van der Waals surface area contributed by atoms with Gasteiger partial charge in [0, 0.05) is 10.0 Å². The molecule has 0 radical (unpaired) electrons. The summed E-state index contributed by atoms with van der Waals surface area (Å²) in [6.07, 6.45) is -0.675. The van der Waals surface area contributed by atoms with Crippen LogP contribution in [0.4, 0.5) is 0 Å². The van der Waals surface area contributed by atoms with Crippen molar-refractivity contribution >= 4 is 21.8 Å². The Labute approximate surface area is 164 Å². The number of ether oxygens (including phenoxy) is 2. The minimum atomic E-state index is -0.675. The van der Waals surface area contributed by atoms with Gasteiger partial charge in [-0.05, 0) is 43.3 Å². The van der Waals surface area contributed by atoms with Crippen LogP contribution in [0.15, 0.2) is 57.5 Å². The number of carbonyl (C=O) groups is 1. The number of halogens is 1. The van der Waals surface area contributed by atoms with Gasteiger partial charge in [0.2, 0.25) is 11.7 Å². The van der Waals surface area contributed by atoms with Crippen LogP contribution in [0.25, 0.3) is 11.4 Å². The van der Waals surface area contributed by atoms with Crippen molar-refractivity contribution in [2.45, 2.75) is 19.6 Å². The Morgan fingerprint density at radius 1 is 1.22 bits per heavy atom. The lowest BCUT2D eigenvalue weighted by molar-refractivity contribution is -0.127. The maximum Gasteiger partial charge on any atom is 0.261 e. The maximum absolute atomic E-state index is 12.2. The van der Waals surface area contributed by atoms with Crippen molar-refractivity contribution < 1.29 is 18.8 Å². The molecule has 8 heteroatoms. The quantitative estimate of drug-likeness (QED) is 0.614. The molecule has 0 aliphatic heterocycles. The molecule has 1 aromatic heterocycles. The maximum atomic E-state index is 12.2. The minimum absolute atomic E-state index is 0.121. The summed E-state index contributed by atoms with van der Waals surface area (Å²) in [7, 11) is 1.59. The molecule has 1 heterocycles. The van der Waals surface area contributed by atoms with Crippen LogP contribution in [0.2, 0.25) is 0 Å². The minimum Gasteiger partial charge on any atom is -0.497 e. The van der Waals surface area contributed by atoms with Gasteiger partial charge in [-0.25, -0.2) is 0 Å². The van der Waals surface area contributed by atoms with Gasteiger partial charge in [0.25, 0.3) is 5.91 Å². The fourth-order valence-corrected chi connectivity index (χ4v) is 2.69. The van der Waals surface area contributed by atoms with E-state index in [9.17, 15) is 4.79 Å². The van der Waals surface area contributed by atoms with E-state index in [1.807, 2.05) is 24.3 Å². The number of methoxy groups -OCH3 is 1. The molecule has 27 heavy (non-hydrogen) atoms. The van der Waals surface area contributed by atoms with Gasteiger partial charge >= 0.3 is 0 Å². The Balaban J connectivity index is 1.54. The zero-order valence-electron chi connectivity index (χ0n) is 14.8. The molecule has 0 aliphatic carbocycles. The van der Waals surface area contributed by atoms with Crippen molar-refractivity contribution in [2.75, 3.05) is 7.11 Å². The van der Waals surface area contributed by atoms with Gasteiger partial charge < -0.3 is 19.3 Å². The molecule has 0 unspecified atom stereocenters. The average molecular weight is 432 g/mol. The van der Waals surface area contributed by atoms with E-state index in [4.69, 9.17) is 14.0 Å². The Kier molecular flexibility index (Phi) is 6.08. The van der Waals surface area contributed by atoms with Crippen LogP contribution in [-0.4, -0.2) is 29.3 Å². The van der Waals surface area contributed by atoms with Gasteiger partial charge in [0.05, 0.1) is 13.7 Å². The monoisotopic (exact) mass is 431 g/mol. The van der Waals surface area contributed by atoms with Crippen molar-refractivity contribution in [1.82, 2.24) is 15.5 Å². The SMILES string of the molecule is COc1ccc(O[C@@H](C)C(=O)NCc2nc(-c3cccc(Br)c3)no2)cc1. The third-order valence-corrected chi connectivity index (χ3v) is 4.20. The lowest BCUT2D eigenvalue weighted by Gasteiger charge is -2.14. The highest BCUT2D eigenvalue weighted by Gasteiger charge is 2.16. The van der Waals surface area contributed by atoms with E-state index in [-0.39, 0.29) is 12.5 Å². The van der Waals surface area contributed by atoms with E-state index < -0.39 is 6.10 Å².